The number of nitrogens with one attached hydrogen (secondary N) is 1. The van der Waals surface area contributed by atoms with Crippen LogP contribution in [0.5, 0.6) is 5.75 Å². The molecule has 0 aromatic heterocycles. The van der Waals surface area contributed by atoms with Gasteiger partial charge in [0.05, 0.1) is 0 Å². The van der Waals surface area contributed by atoms with Gasteiger partial charge in [-0.2, -0.15) is 5.10 Å². The van der Waals surface area contributed by atoms with Crippen LogP contribution in [-0.2, 0) is 4.79 Å². The number of nitrogens with zero attached hydrogens (tertiary/aromatic N) is 1. The summed E-state index contributed by atoms with van der Waals surface area (Å²) in [5, 5.41) is 4.04. The SMILES string of the molecule is C/C(CC(C)C)=N/NC(=O)COc1ccc(Br)cc1C. The zero-order chi connectivity index (χ0) is 15.1. The number of amides is 1. The highest BCUT2D eigenvalue weighted by Crippen LogP contribution is 2.21. The summed E-state index contributed by atoms with van der Waals surface area (Å²) in [6, 6.07) is 5.66. The van der Waals surface area contributed by atoms with Crippen LogP contribution in [0.2, 0.25) is 0 Å². The topological polar surface area (TPSA) is 50.7 Å². The number of carbonyl (C=O) groups is 1. The Balaban J connectivity index is 2.43. The van der Waals surface area contributed by atoms with Crippen LogP contribution in [0.25, 0.3) is 0 Å². The van der Waals surface area contributed by atoms with Crippen LogP contribution in [0.4, 0.5) is 0 Å². The van der Waals surface area contributed by atoms with Gasteiger partial charge in [-0.1, -0.05) is 29.8 Å². The van der Waals surface area contributed by atoms with E-state index in [1.807, 2.05) is 32.0 Å². The second kappa shape index (κ2) is 8.04. The zero-order valence-electron chi connectivity index (χ0n) is 12.4. The summed E-state index contributed by atoms with van der Waals surface area (Å²) in [7, 11) is 0. The number of carbonyl (C=O) groups excluding carboxylic acids is 1. The average molecular weight is 341 g/mol. The maximum Gasteiger partial charge on any atom is 0.277 e. The number of hydrogen-bond donors (Lipinski definition) is 1. The van der Waals surface area contributed by atoms with E-state index in [1.165, 1.54) is 0 Å². The molecule has 0 atom stereocenters. The molecule has 0 fully saturated rings. The van der Waals surface area contributed by atoms with Crippen LogP contribution in [0.1, 0.15) is 32.8 Å². The van der Waals surface area contributed by atoms with Crippen molar-refractivity contribution in [3.63, 3.8) is 0 Å². The minimum Gasteiger partial charge on any atom is -0.483 e. The predicted octanol–water partition coefficient (Wildman–Crippen LogP) is 3.67. The third-order valence-electron chi connectivity index (χ3n) is 2.57. The molecule has 0 aliphatic heterocycles. The van der Waals surface area contributed by atoms with Crippen molar-refractivity contribution in [1.29, 1.82) is 0 Å². The molecule has 0 saturated heterocycles. The van der Waals surface area contributed by atoms with Crippen LogP contribution in [0, 0.1) is 12.8 Å². The molecule has 110 valence electrons. The molecule has 1 amide bonds. The monoisotopic (exact) mass is 340 g/mol. The first-order valence-corrected chi connectivity index (χ1v) is 7.38. The highest BCUT2D eigenvalue weighted by atomic mass is 79.9. The van der Waals surface area contributed by atoms with Crippen molar-refractivity contribution >= 4 is 27.5 Å². The van der Waals surface area contributed by atoms with E-state index < -0.39 is 0 Å². The highest BCUT2D eigenvalue weighted by molar-refractivity contribution is 9.10. The maximum absolute atomic E-state index is 11.6. The van der Waals surface area contributed by atoms with Gasteiger partial charge in [-0.25, -0.2) is 5.43 Å². The summed E-state index contributed by atoms with van der Waals surface area (Å²) in [5.74, 6) is 0.971. The third kappa shape index (κ3) is 6.19. The molecule has 0 aliphatic rings. The smallest absolute Gasteiger partial charge is 0.277 e. The van der Waals surface area contributed by atoms with Crippen LogP contribution in [0.3, 0.4) is 0 Å². The predicted molar refractivity (Wildman–Crippen MR) is 85.1 cm³/mol. The van der Waals surface area contributed by atoms with Crippen molar-refractivity contribution in [1.82, 2.24) is 5.43 Å². The fourth-order valence-electron chi connectivity index (χ4n) is 1.74. The van der Waals surface area contributed by atoms with E-state index in [9.17, 15) is 4.79 Å². The molecular weight excluding hydrogens is 320 g/mol. The van der Waals surface area contributed by atoms with E-state index in [-0.39, 0.29) is 12.5 Å². The minimum atomic E-state index is -0.254. The Morgan fingerprint density at radius 1 is 1.45 bits per heavy atom. The van der Waals surface area contributed by atoms with Crippen molar-refractivity contribution in [2.75, 3.05) is 6.61 Å². The molecule has 1 rings (SSSR count). The Morgan fingerprint density at radius 3 is 2.75 bits per heavy atom. The largest absolute Gasteiger partial charge is 0.483 e. The summed E-state index contributed by atoms with van der Waals surface area (Å²) in [6.07, 6.45) is 0.868. The molecule has 0 radical (unpaired) electrons. The summed E-state index contributed by atoms with van der Waals surface area (Å²) < 4.78 is 6.45. The van der Waals surface area contributed by atoms with Crippen molar-refractivity contribution in [3.8, 4) is 5.75 Å². The summed E-state index contributed by atoms with van der Waals surface area (Å²) in [4.78, 5) is 11.6. The molecule has 4 nitrogen and oxygen atoms in total. The number of hydrazone groups is 1. The van der Waals surface area contributed by atoms with Gasteiger partial charge >= 0.3 is 0 Å². The lowest BCUT2D eigenvalue weighted by atomic mass is 10.1. The zero-order valence-corrected chi connectivity index (χ0v) is 14.0. The lowest BCUT2D eigenvalue weighted by Gasteiger charge is -2.09. The van der Waals surface area contributed by atoms with Crippen LogP contribution in [-0.4, -0.2) is 18.2 Å². The van der Waals surface area contributed by atoms with Crippen LogP contribution in [0.15, 0.2) is 27.8 Å². The fourth-order valence-corrected chi connectivity index (χ4v) is 2.22. The maximum atomic E-state index is 11.6. The lowest BCUT2D eigenvalue weighted by Crippen LogP contribution is -2.25. The van der Waals surface area contributed by atoms with Gasteiger partial charge < -0.3 is 4.74 Å². The summed E-state index contributed by atoms with van der Waals surface area (Å²) >= 11 is 3.38. The molecule has 0 saturated carbocycles. The fraction of sp³-hybridized carbons (Fsp3) is 0.467. The van der Waals surface area contributed by atoms with E-state index in [2.05, 4.69) is 40.3 Å². The van der Waals surface area contributed by atoms with E-state index in [1.54, 1.807) is 0 Å². The molecule has 1 N–H and O–H groups in total. The Morgan fingerprint density at radius 2 is 2.15 bits per heavy atom. The van der Waals surface area contributed by atoms with Gasteiger partial charge in [-0.15, -0.1) is 0 Å². The molecule has 1 aromatic carbocycles. The van der Waals surface area contributed by atoms with E-state index in [0.29, 0.717) is 11.7 Å². The minimum absolute atomic E-state index is 0.0407. The highest BCUT2D eigenvalue weighted by Gasteiger charge is 2.05. The second-order valence-electron chi connectivity index (χ2n) is 5.18. The standard InChI is InChI=1S/C15H21BrN2O2/c1-10(2)7-12(4)17-18-15(19)9-20-14-6-5-13(16)8-11(14)3/h5-6,8,10H,7,9H2,1-4H3,(H,18,19)/b17-12-. The van der Waals surface area contributed by atoms with Gasteiger partial charge in [-0.3, -0.25) is 4.79 Å². The van der Waals surface area contributed by atoms with Crippen molar-refractivity contribution in [2.45, 2.75) is 34.1 Å². The van der Waals surface area contributed by atoms with Crippen LogP contribution >= 0.6 is 15.9 Å². The van der Waals surface area contributed by atoms with Gasteiger partial charge in [0.15, 0.2) is 6.61 Å². The van der Waals surface area contributed by atoms with E-state index in [0.717, 1.165) is 22.2 Å². The van der Waals surface area contributed by atoms with Crippen molar-refractivity contribution < 1.29 is 9.53 Å². The molecule has 0 bridgehead atoms. The molecule has 0 unspecified atom stereocenters. The lowest BCUT2D eigenvalue weighted by molar-refractivity contribution is -0.123. The van der Waals surface area contributed by atoms with Crippen molar-refractivity contribution in [3.05, 3.63) is 28.2 Å². The Kier molecular flexibility index (Phi) is 6.71. The molecule has 20 heavy (non-hydrogen) atoms. The summed E-state index contributed by atoms with van der Waals surface area (Å²) in [5.41, 5.74) is 4.39. The number of hydrogen-bond acceptors (Lipinski definition) is 3. The molecule has 1 aromatic rings. The van der Waals surface area contributed by atoms with Gasteiger partial charge in [0.25, 0.3) is 5.91 Å². The molecule has 0 aliphatic carbocycles. The summed E-state index contributed by atoms with van der Waals surface area (Å²) in [6.45, 7) is 8.02. The number of rotatable bonds is 6. The van der Waals surface area contributed by atoms with Gasteiger partial charge in [-0.05, 0) is 49.9 Å². The van der Waals surface area contributed by atoms with Gasteiger partial charge in [0.2, 0.25) is 0 Å². The Labute approximate surface area is 128 Å². The number of benzene rings is 1. The second-order valence-corrected chi connectivity index (χ2v) is 6.09. The normalized spacial score (nSPS) is 11.6. The number of halogens is 1. The molecule has 0 spiro atoms. The van der Waals surface area contributed by atoms with E-state index in [4.69, 9.17) is 4.74 Å². The quantitative estimate of drug-likeness (QED) is 0.634. The first-order valence-electron chi connectivity index (χ1n) is 6.59. The molecular formula is C15H21BrN2O2. The van der Waals surface area contributed by atoms with E-state index >= 15 is 0 Å². The van der Waals surface area contributed by atoms with Crippen LogP contribution < -0.4 is 10.2 Å². The number of ether oxygens (including phenoxy) is 1. The first kappa shape index (κ1) is 16.7. The third-order valence-corrected chi connectivity index (χ3v) is 3.06. The molecule has 0 heterocycles. The number of aryl methyl sites for hydroxylation is 1. The average Bonchev–Trinajstić information content (AvgIpc) is 2.34. The van der Waals surface area contributed by atoms with Crippen molar-refractivity contribution in [2.24, 2.45) is 11.0 Å². The Bertz CT molecular complexity index is 499. The Hall–Kier alpha value is -1.36. The first-order chi connectivity index (χ1) is 9.38. The van der Waals surface area contributed by atoms with Gasteiger partial charge in [0, 0.05) is 10.2 Å². The van der Waals surface area contributed by atoms with Gasteiger partial charge in [0.1, 0.15) is 5.75 Å². The molecule has 5 heteroatoms.